The molecule has 0 saturated heterocycles. The summed E-state index contributed by atoms with van der Waals surface area (Å²) in [5.41, 5.74) is 0.839. The molecule has 0 radical (unpaired) electrons. The van der Waals surface area contributed by atoms with Crippen molar-refractivity contribution in [1.29, 1.82) is 0 Å². The number of hydrogen-bond acceptors (Lipinski definition) is 3. The van der Waals surface area contributed by atoms with Gasteiger partial charge in [-0.05, 0) is 12.0 Å². The second-order valence-electron chi connectivity index (χ2n) is 4.70. The third-order valence-corrected chi connectivity index (χ3v) is 3.15. The standard InChI is InChI=1S/C13H15NO4/c1-7(2)10(13(17)18)14-11(15)8-5-3-4-6-9(8)12(14)16/h3-7,10-11,15H,1-2H3,(H,17,18). The van der Waals surface area contributed by atoms with E-state index in [4.69, 9.17) is 0 Å². The molecule has 2 rings (SSSR count). The van der Waals surface area contributed by atoms with Gasteiger partial charge in [0.25, 0.3) is 5.91 Å². The van der Waals surface area contributed by atoms with E-state index in [9.17, 15) is 19.8 Å². The molecule has 0 saturated carbocycles. The van der Waals surface area contributed by atoms with Crippen molar-refractivity contribution in [2.24, 2.45) is 5.92 Å². The maximum absolute atomic E-state index is 12.2. The molecule has 5 heteroatoms. The third kappa shape index (κ3) is 1.76. The summed E-state index contributed by atoms with van der Waals surface area (Å²) in [6.07, 6.45) is -1.18. The van der Waals surface area contributed by atoms with Gasteiger partial charge in [-0.3, -0.25) is 9.69 Å². The van der Waals surface area contributed by atoms with Crippen molar-refractivity contribution in [2.45, 2.75) is 26.1 Å². The van der Waals surface area contributed by atoms with Crippen molar-refractivity contribution < 1.29 is 19.8 Å². The topological polar surface area (TPSA) is 77.8 Å². The van der Waals surface area contributed by atoms with Gasteiger partial charge in [0.05, 0.1) is 0 Å². The second-order valence-corrected chi connectivity index (χ2v) is 4.70. The summed E-state index contributed by atoms with van der Waals surface area (Å²) in [5.74, 6) is -1.82. The van der Waals surface area contributed by atoms with Crippen LogP contribution in [0, 0.1) is 5.92 Å². The van der Waals surface area contributed by atoms with Crippen LogP contribution in [0.5, 0.6) is 0 Å². The van der Waals surface area contributed by atoms with E-state index in [0.717, 1.165) is 4.90 Å². The average Bonchev–Trinajstić information content (AvgIpc) is 2.55. The maximum atomic E-state index is 12.2. The van der Waals surface area contributed by atoms with Crippen LogP contribution in [0.15, 0.2) is 24.3 Å². The smallest absolute Gasteiger partial charge is 0.326 e. The second kappa shape index (κ2) is 4.42. The predicted molar refractivity (Wildman–Crippen MR) is 63.8 cm³/mol. The lowest BCUT2D eigenvalue weighted by atomic mass is 10.0. The summed E-state index contributed by atoms with van der Waals surface area (Å²) in [4.78, 5) is 24.5. The highest BCUT2D eigenvalue weighted by Gasteiger charge is 2.43. The first-order valence-corrected chi connectivity index (χ1v) is 5.77. The molecule has 1 aliphatic heterocycles. The summed E-state index contributed by atoms with van der Waals surface area (Å²) in [6.45, 7) is 3.42. The van der Waals surface area contributed by atoms with Crippen LogP contribution >= 0.6 is 0 Å². The van der Waals surface area contributed by atoms with Gasteiger partial charge in [0, 0.05) is 11.1 Å². The highest BCUT2D eigenvalue weighted by Crippen LogP contribution is 2.34. The van der Waals surface area contributed by atoms with E-state index in [-0.39, 0.29) is 5.92 Å². The summed E-state index contributed by atoms with van der Waals surface area (Å²) in [6, 6.07) is 5.61. The minimum Gasteiger partial charge on any atom is -0.480 e. The van der Waals surface area contributed by atoms with Crippen molar-refractivity contribution in [2.75, 3.05) is 0 Å². The molecule has 2 unspecified atom stereocenters. The minimum absolute atomic E-state index is 0.282. The number of nitrogens with zero attached hydrogens (tertiary/aromatic N) is 1. The van der Waals surface area contributed by atoms with E-state index < -0.39 is 24.1 Å². The van der Waals surface area contributed by atoms with Crippen LogP contribution in [0.25, 0.3) is 0 Å². The van der Waals surface area contributed by atoms with Gasteiger partial charge in [-0.25, -0.2) is 4.79 Å². The van der Waals surface area contributed by atoms with Crippen LogP contribution in [-0.4, -0.2) is 33.0 Å². The Morgan fingerprint density at radius 2 is 1.94 bits per heavy atom. The van der Waals surface area contributed by atoms with Crippen molar-refractivity contribution in [3.05, 3.63) is 35.4 Å². The van der Waals surface area contributed by atoms with E-state index in [1.54, 1.807) is 38.1 Å². The normalized spacial score (nSPS) is 20.1. The molecule has 0 spiro atoms. The highest BCUT2D eigenvalue weighted by atomic mass is 16.4. The molecular formula is C13H15NO4. The monoisotopic (exact) mass is 249 g/mol. The molecule has 1 heterocycles. The van der Waals surface area contributed by atoms with Gasteiger partial charge in [-0.2, -0.15) is 0 Å². The van der Waals surface area contributed by atoms with Crippen LogP contribution in [0.2, 0.25) is 0 Å². The predicted octanol–water partition coefficient (Wildman–Crippen LogP) is 1.24. The van der Waals surface area contributed by atoms with Crippen molar-refractivity contribution in [3.8, 4) is 0 Å². The molecule has 1 amide bonds. The summed E-state index contributed by atoms with van der Waals surface area (Å²) < 4.78 is 0. The average molecular weight is 249 g/mol. The number of carbonyl (C=O) groups is 2. The van der Waals surface area contributed by atoms with Gasteiger partial charge >= 0.3 is 5.97 Å². The fraction of sp³-hybridized carbons (Fsp3) is 0.385. The lowest BCUT2D eigenvalue weighted by Gasteiger charge is -2.30. The van der Waals surface area contributed by atoms with Gasteiger partial charge in [-0.1, -0.05) is 32.0 Å². The first-order chi connectivity index (χ1) is 8.45. The summed E-state index contributed by atoms with van der Waals surface area (Å²) in [5, 5.41) is 19.3. The fourth-order valence-corrected chi connectivity index (χ4v) is 2.32. The Labute approximate surface area is 105 Å². The van der Waals surface area contributed by atoms with E-state index in [2.05, 4.69) is 0 Å². The number of aliphatic hydroxyl groups is 1. The molecule has 1 aromatic carbocycles. The zero-order chi connectivity index (χ0) is 13.4. The van der Waals surface area contributed by atoms with Crippen LogP contribution in [0.1, 0.15) is 36.0 Å². The lowest BCUT2D eigenvalue weighted by molar-refractivity contribution is -0.148. The van der Waals surface area contributed by atoms with E-state index in [1.807, 2.05) is 0 Å². The highest BCUT2D eigenvalue weighted by molar-refractivity contribution is 6.01. The zero-order valence-electron chi connectivity index (χ0n) is 10.2. The SMILES string of the molecule is CC(C)C(C(=O)O)N1C(=O)c2ccccc2C1O. The Hall–Kier alpha value is -1.88. The lowest BCUT2D eigenvalue weighted by Crippen LogP contribution is -2.46. The first-order valence-electron chi connectivity index (χ1n) is 5.77. The molecule has 0 aromatic heterocycles. The van der Waals surface area contributed by atoms with Gasteiger partial charge in [0.15, 0.2) is 6.23 Å². The number of rotatable bonds is 3. The Morgan fingerprint density at radius 3 is 2.44 bits per heavy atom. The molecule has 2 N–H and O–H groups in total. The van der Waals surface area contributed by atoms with E-state index in [1.165, 1.54) is 0 Å². The van der Waals surface area contributed by atoms with Crippen LogP contribution in [0.4, 0.5) is 0 Å². The Bertz CT molecular complexity index is 498. The zero-order valence-corrected chi connectivity index (χ0v) is 10.2. The Balaban J connectivity index is 2.44. The minimum atomic E-state index is -1.18. The molecule has 0 aliphatic carbocycles. The number of aliphatic carboxylic acids is 1. The third-order valence-electron chi connectivity index (χ3n) is 3.15. The number of aliphatic hydroxyl groups excluding tert-OH is 1. The molecule has 96 valence electrons. The maximum Gasteiger partial charge on any atom is 0.326 e. The molecule has 5 nitrogen and oxygen atoms in total. The van der Waals surface area contributed by atoms with Crippen molar-refractivity contribution in [3.63, 3.8) is 0 Å². The molecular weight excluding hydrogens is 234 g/mol. The van der Waals surface area contributed by atoms with Crippen molar-refractivity contribution in [1.82, 2.24) is 4.90 Å². The number of carboxylic acid groups (broad SMARTS) is 1. The summed E-state index contributed by atoms with van der Waals surface area (Å²) >= 11 is 0. The molecule has 2 atom stereocenters. The number of fused-ring (bicyclic) bond motifs is 1. The number of amides is 1. The van der Waals surface area contributed by atoms with Gasteiger partial charge in [-0.15, -0.1) is 0 Å². The van der Waals surface area contributed by atoms with Gasteiger partial charge < -0.3 is 10.2 Å². The number of carboxylic acids is 1. The van der Waals surface area contributed by atoms with Crippen LogP contribution in [0.3, 0.4) is 0 Å². The van der Waals surface area contributed by atoms with Crippen LogP contribution in [-0.2, 0) is 4.79 Å². The molecule has 1 aromatic rings. The van der Waals surface area contributed by atoms with Gasteiger partial charge in [0.1, 0.15) is 6.04 Å². The Morgan fingerprint density at radius 1 is 1.33 bits per heavy atom. The Kier molecular flexibility index (Phi) is 3.09. The number of carbonyl (C=O) groups excluding carboxylic acids is 1. The van der Waals surface area contributed by atoms with Crippen molar-refractivity contribution >= 4 is 11.9 Å². The van der Waals surface area contributed by atoms with E-state index in [0.29, 0.717) is 11.1 Å². The molecule has 0 bridgehead atoms. The summed E-state index contributed by atoms with van der Waals surface area (Å²) in [7, 11) is 0. The molecule has 1 aliphatic rings. The van der Waals surface area contributed by atoms with Gasteiger partial charge in [0.2, 0.25) is 0 Å². The fourth-order valence-electron chi connectivity index (χ4n) is 2.32. The molecule has 0 fully saturated rings. The molecule has 18 heavy (non-hydrogen) atoms. The first kappa shape index (κ1) is 12.6. The van der Waals surface area contributed by atoms with E-state index >= 15 is 0 Å². The number of hydrogen-bond donors (Lipinski definition) is 2. The number of benzene rings is 1. The largest absolute Gasteiger partial charge is 0.480 e. The van der Waals surface area contributed by atoms with Crippen LogP contribution < -0.4 is 0 Å². The quantitative estimate of drug-likeness (QED) is 0.845.